The molecule has 0 spiro atoms. The van der Waals surface area contributed by atoms with E-state index in [-0.39, 0.29) is 5.91 Å². The van der Waals surface area contributed by atoms with E-state index in [4.69, 9.17) is 0 Å². The number of likely N-dealkylation sites (tertiary alicyclic amines) is 1. The molecule has 1 amide bonds. The lowest BCUT2D eigenvalue weighted by Crippen LogP contribution is -2.34. The monoisotopic (exact) mass is 361 g/mol. The van der Waals surface area contributed by atoms with E-state index in [2.05, 4.69) is 59.6 Å². The highest BCUT2D eigenvalue weighted by Crippen LogP contribution is 2.26. The van der Waals surface area contributed by atoms with Crippen molar-refractivity contribution in [3.63, 3.8) is 0 Å². The van der Waals surface area contributed by atoms with Gasteiger partial charge in [0.05, 0.1) is 5.52 Å². The Bertz CT molecular complexity index is 945. The van der Waals surface area contributed by atoms with Crippen LogP contribution in [0.2, 0.25) is 0 Å². The summed E-state index contributed by atoms with van der Waals surface area (Å²) in [5.41, 5.74) is 4.48. The number of nitrogens with zero attached hydrogens (tertiary/aromatic N) is 2. The number of benzene rings is 2. The van der Waals surface area contributed by atoms with Crippen molar-refractivity contribution in [3.8, 4) is 0 Å². The normalized spacial score (nSPS) is 17.5. The molecule has 140 valence electrons. The van der Waals surface area contributed by atoms with E-state index in [1.807, 2.05) is 23.7 Å². The first-order chi connectivity index (χ1) is 13.1. The lowest BCUT2D eigenvalue weighted by atomic mass is 9.99. The molecule has 27 heavy (non-hydrogen) atoms. The average Bonchev–Trinajstić information content (AvgIpc) is 3.28. The Hall–Kier alpha value is -2.59. The number of fused-ring (bicyclic) bond motifs is 1. The number of rotatable bonds is 5. The van der Waals surface area contributed by atoms with Crippen LogP contribution in [0.4, 0.5) is 0 Å². The molecule has 1 aromatic heterocycles. The van der Waals surface area contributed by atoms with Crippen LogP contribution in [0.15, 0.2) is 54.6 Å². The van der Waals surface area contributed by atoms with Crippen LogP contribution in [0.1, 0.15) is 34.0 Å². The minimum Gasteiger partial charge on any atom is -0.349 e. The van der Waals surface area contributed by atoms with E-state index in [1.54, 1.807) is 0 Å². The molecule has 1 fully saturated rings. The summed E-state index contributed by atoms with van der Waals surface area (Å²) in [6.45, 7) is 5.84. The molecule has 1 aliphatic rings. The van der Waals surface area contributed by atoms with Gasteiger partial charge in [0.15, 0.2) is 0 Å². The highest BCUT2D eigenvalue weighted by Gasteiger charge is 2.23. The lowest BCUT2D eigenvalue weighted by molar-refractivity contribution is 0.0942. The fraction of sp³-hybridized carbons (Fsp3) is 0.348. The Morgan fingerprint density at radius 2 is 1.96 bits per heavy atom. The number of hydrogen-bond donors (Lipinski definition) is 1. The molecule has 0 aliphatic carbocycles. The summed E-state index contributed by atoms with van der Waals surface area (Å²) < 4.78 is 2.00. The number of amides is 1. The number of aryl methyl sites for hydroxylation is 2. The maximum atomic E-state index is 12.7. The van der Waals surface area contributed by atoms with Gasteiger partial charge in [0.2, 0.25) is 0 Å². The van der Waals surface area contributed by atoms with Crippen molar-refractivity contribution >= 4 is 16.8 Å². The second kappa shape index (κ2) is 7.57. The molecule has 0 radical (unpaired) electrons. The molecule has 4 rings (SSSR count). The number of hydrogen-bond acceptors (Lipinski definition) is 2. The van der Waals surface area contributed by atoms with Crippen LogP contribution in [0.5, 0.6) is 0 Å². The Labute approximate surface area is 160 Å². The fourth-order valence-electron chi connectivity index (χ4n) is 4.29. The SMILES string of the molecule is Cc1cccc2cc(C(=O)NCCN3CC[C@H](c4ccccc4)C3)n(C)c12. The van der Waals surface area contributed by atoms with Crippen molar-refractivity contribution in [2.24, 2.45) is 7.05 Å². The predicted octanol–water partition coefficient (Wildman–Crippen LogP) is 3.71. The van der Waals surface area contributed by atoms with E-state index >= 15 is 0 Å². The molecule has 4 heteroatoms. The summed E-state index contributed by atoms with van der Waals surface area (Å²) in [5, 5.41) is 4.22. The Kier molecular flexibility index (Phi) is 4.99. The van der Waals surface area contributed by atoms with Crippen LogP contribution < -0.4 is 5.32 Å². The summed E-state index contributed by atoms with van der Waals surface area (Å²) in [7, 11) is 1.97. The topological polar surface area (TPSA) is 37.3 Å². The molecule has 1 atom stereocenters. The molecule has 0 saturated carbocycles. The van der Waals surface area contributed by atoms with Crippen molar-refractivity contribution in [2.75, 3.05) is 26.2 Å². The zero-order valence-electron chi connectivity index (χ0n) is 16.1. The van der Waals surface area contributed by atoms with Crippen molar-refractivity contribution in [1.29, 1.82) is 0 Å². The average molecular weight is 361 g/mol. The Morgan fingerprint density at radius 1 is 1.15 bits per heavy atom. The first-order valence-electron chi connectivity index (χ1n) is 9.74. The van der Waals surface area contributed by atoms with Gasteiger partial charge in [0.1, 0.15) is 5.69 Å². The smallest absolute Gasteiger partial charge is 0.267 e. The summed E-state index contributed by atoms with van der Waals surface area (Å²) in [6.07, 6.45) is 1.19. The predicted molar refractivity (Wildman–Crippen MR) is 110 cm³/mol. The zero-order chi connectivity index (χ0) is 18.8. The Morgan fingerprint density at radius 3 is 2.74 bits per heavy atom. The summed E-state index contributed by atoms with van der Waals surface area (Å²) in [6, 6.07) is 18.9. The second-order valence-corrected chi connectivity index (χ2v) is 7.55. The van der Waals surface area contributed by atoms with Gasteiger partial charge in [-0.15, -0.1) is 0 Å². The molecule has 4 nitrogen and oxygen atoms in total. The van der Waals surface area contributed by atoms with Crippen LogP contribution in [0.3, 0.4) is 0 Å². The molecule has 2 heterocycles. The van der Waals surface area contributed by atoms with E-state index in [9.17, 15) is 4.79 Å². The lowest BCUT2D eigenvalue weighted by Gasteiger charge is -2.16. The number of nitrogens with one attached hydrogen (secondary N) is 1. The molecule has 3 aromatic rings. The first-order valence-corrected chi connectivity index (χ1v) is 9.74. The first kappa shape index (κ1) is 17.8. The molecule has 1 aliphatic heterocycles. The maximum absolute atomic E-state index is 12.7. The van der Waals surface area contributed by atoms with E-state index in [1.165, 1.54) is 17.5 Å². The minimum absolute atomic E-state index is 0.00639. The molecular formula is C23H27N3O. The molecule has 2 aromatic carbocycles. The number of carbonyl (C=O) groups excluding carboxylic acids is 1. The van der Waals surface area contributed by atoms with Gasteiger partial charge in [-0.05, 0) is 43.0 Å². The van der Waals surface area contributed by atoms with E-state index in [0.29, 0.717) is 12.5 Å². The fourth-order valence-corrected chi connectivity index (χ4v) is 4.29. The molecule has 0 unspecified atom stereocenters. The summed E-state index contributed by atoms with van der Waals surface area (Å²) in [5.74, 6) is 0.620. The van der Waals surface area contributed by atoms with Crippen molar-refractivity contribution in [2.45, 2.75) is 19.3 Å². The van der Waals surface area contributed by atoms with Crippen molar-refractivity contribution in [1.82, 2.24) is 14.8 Å². The quantitative estimate of drug-likeness (QED) is 0.752. The van der Waals surface area contributed by atoms with Gasteiger partial charge in [-0.2, -0.15) is 0 Å². The van der Waals surface area contributed by atoms with Crippen molar-refractivity contribution < 1.29 is 4.79 Å². The second-order valence-electron chi connectivity index (χ2n) is 7.55. The number of carbonyl (C=O) groups is 1. The third-order valence-electron chi connectivity index (χ3n) is 5.75. The van der Waals surface area contributed by atoms with Gasteiger partial charge in [-0.1, -0.05) is 48.5 Å². The summed E-state index contributed by atoms with van der Waals surface area (Å²) in [4.78, 5) is 15.1. The minimum atomic E-state index is 0.00639. The third kappa shape index (κ3) is 3.62. The van der Waals surface area contributed by atoms with Gasteiger partial charge in [0.25, 0.3) is 5.91 Å². The molecule has 1 saturated heterocycles. The molecule has 1 N–H and O–H groups in total. The van der Waals surface area contributed by atoms with Gasteiger partial charge >= 0.3 is 0 Å². The molecule has 0 bridgehead atoms. The highest BCUT2D eigenvalue weighted by molar-refractivity contribution is 5.99. The van der Waals surface area contributed by atoms with Crippen LogP contribution >= 0.6 is 0 Å². The zero-order valence-corrected chi connectivity index (χ0v) is 16.1. The van der Waals surface area contributed by atoms with Gasteiger partial charge in [-0.25, -0.2) is 0 Å². The van der Waals surface area contributed by atoms with Crippen molar-refractivity contribution in [3.05, 3.63) is 71.4 Å². The third-order valence-corrected chi connectivity index (χ3v) is 5.75. The Balaban J connectivity index is 1.33. The highest BCUT2D eigenvalue weighted by atomic mass is 16.1. The molecular weight excluding hydrogens is 334 g/mol. The summed E-state index contributed by atoms with van der Waals surface area (Å²) >= 11 is 0. The van der Waals surface area contributed by atoms with Gasteiger partial charge in [-0.3, -0.25) is 4.79 Å². The van der Waals surface area contributed by atoms with Gasteiger partial charge < -0.3 is 14.8 Å². The van der Waals surface area contributed by atoms with Crippen LogP contribution in [0, 0.1) is 6.92 Å². The van der Waals surface area contributed by atoms with E-state index < -0.39 is 0 Å². The van der Waals surface area contributed by atoms with E-state index in [0.717, 1.165) is 36.2 Å². The van der Waals surface area contributed by atoms with Gasteiger partial charge in [0, 0.05) is 32.1 Å². The largest absolute Gasteiger partial charge is 0.349 e. The van der Waals surface area contributed by atoms with Crippen LogP contribution in [-0.4, -0.2) is 41.6 Å². The maximum Gasteiger partial charge on any atom is 0.267 e. The van der Waals surface area contributed by atoms with Crippen LogP contribution in [0.25, 0.3) is 10.9 Å². The standard InChI is InChI=1S/C23H27N3O/c1-17-7-6-10-19-15-21(25(2)22(17)19)23(27)24-12-14-26-13-11-20(16-26)18-8-4-3-5-9-18/h3-10,15,20H,11-14,16H2,1-2H3,(H,24,27)/t20-/m0/s1. The number of para-hydroxylation sites is 1. The van der Waals surface area contributed by atoms with Crippen LogP contribution in [-0.2, 0) is 7.05 Å². The number of aromatic nitrogens is 1.